The molecule has 166 valence electrons. The topological polar surface area (TPSA) is 68.9 Å². The number of benzene rings is 1. The lowest BCUT2D eigenvalue weighted by molar-refractivity contribution is 0.298. The van der Waals surface area contributed by atoms with Crippen molar-refractivity contribution >= 4 is 11.0 Å². The van der Waals surface area contributed by atoms with Crippen molar-refractivity contribution < 1.29 is 19.0 Å². The molecule has 5 heteroatoms. The molecule has 0 amide bonds. The number of hydrogen-bond donors (Lipinski definition) is 1. The highest BCUT2D eigenvalue weighted by Crippen LogP contribution is 2.33. The molecular formula is C25H36O5. The van der Waals surface area contributed by atoms with Crippen LogP contribution in [0.4, 0.5) is 0 Å². The summed E-state index contributed by atoms with van der Waals surface area (Å²) in [6, 6.07) is 5.26. The van der Waals surface area contributed by atoms with E-state index < -0.39 is 11.4 Å². The second kappa shape index (κ2) is 13.7. The molecular weight excluding hydrogens is 380 g/mol. The van der Waals surface area contributed by atoms with E-state index in [0.717, 1.165) is 19.3 Å². The quantitative estimate of drug-likeness (QED) is 0.197. The molecule has 1 aromatic heterocycles. The van der Waals surface area contributed by atoms with Crippen molar-refractivity contribution in [2.75, 3.05) is 13.2 Å². The number of allylic oxidation sites excluding steroid dienone is 1. The highest BCUT2D eigenvalue weighted by Gasteiger charge is 2.15. The summed E-state index contributed by atoms with van der Waals surface area (Å²) in [6.45, 7) is 5.31. The first kappa shape index (κ1) is 23.8. The van der Waals surface area contributed by atoms with Gasteiger partial charge in [-0.2, -0.15) is 0 Å². The van der Waals surface area contributed by atoms with Gasteiger partial charge in [0.1, 0.15) is 11.3 Å². The molecule has 1 heterocycles. The zero-order valence-electron chi connectivity index (χ0n) is 18.5. The SMILES string of the molecule is CC/C=C/CCOc1c(O)c(=O)oc2cc(OCCCCCCCCCC)ccc12. The smallest absolute Gasteiger partial charge is 0.382 e. The van der Waals surface area contributed by atoms with Crippen LogP contribution in [0.2, 0.25) is 0 Å². The van der Waals surface area contributed by atoms with E-state index in [-0.39, 0.29) is 5.75 Å². The van der Waals surface area contributed by atoms with E-state index in [0.29, 0.717) is 36.4 Å². The summed E-state index contributed by atoms with van der Waals surface area (Å²) in [5.74, 6) is 0.325. The van der Waals surface area contributed by atoms with Gasteiger partial charge < -0.3 is 19.0 Å². The number of ether oxygens (including phenoxy) is 2. The van der Waals surface area contributed by atoms with Crippen LogP contribution in [-0.2, 0) is 0 Å². The minimum Gasteiger partial charge on any atom is -0.499 e. The standard InChI is InChI=1S/C25H36O5/c1-3-5-7-9-10-11-12-14-17-28-20-15-16-21-22(19-20)30-25(27)23(26)24(21)29-18-13-8-6-4-2/h6,8,15-16,19,26H,3-5,7,9-14,17-18H2,1-2H3/b8-6+. The van der Waals surface area contributed by atoms with Crippen LogP contribution >= 0.6 is 0 Å². The fourth-order valence-electron chi connectivity index (χ4n) is 3.32. The largest absolute Gasteiger partial charge is 0.499 e. The summed E-state index contributed by atoms with van der Waals surface area (Å²) >= 11 is 0. The van der Waals surface area contributed by atoms with Gasteiger partial charge in [-0.15, -0.1) is 0 Å². The van der Waals surface area contributed by atoms with Crippen LogP contribution in [0.5, 0.6) is 17.2 Å². The molecule has 0 aliphatic heterocycles. The van der Waals surface area contributed by atoms with Crippen LogP contribution in [-0.4, -0.2) is 18.3 Å². The summed E-state index contributed by atoms with van der Waals surface area (Å²) in [7, 11) is 0. The van der Waals surface area contributed by atoms with Crippen molar-refractivity contribution in [2.24, 2.45) is 0 Å². The highest BCUT2D eigenvalue weighted by molar-refractivity contribution is 5.86. The Labute approximate surface area is 179 Å². The molecule has 0 saturated carbocycles. The Morgan fingerprint density at radius 1 is 0.933 bits per heavy atom. The van der Waals surface area contributed by atoms with E-state index in [1.54, 1.807) is 12.1 Å². The molecule has 0 atom stereocenters. The van der Waals surface area contributed by atoms with Crippen LogP contribution < -0.4 is 15.1 Å². The molecule has 5 nitrogen and oxygen atoms in total. The number of rotatable bonds is 15. The third-order valence-corrected chi connectivity index (χ3v) is 5.01. The summed E-state index contributed by atoms with van der Waals surface area (Å²) in [6.07, 6.45) is 15.7. The first-order chi connectivity index (χ1) is 14.7. The molecule has 0 radical (unpaired) electrons. The van der Waals surface area contributed by atoms with Crippen molar-refractivity contribution in [2.45, 2.75) is 78.1 Å². The van der Waals surface area contributed by atoms with E-state index in [4.69, 9.17) is 13.9 Å². The number of aromatic hydroxyl groups is 1. The summed E-state index contributed by atoms with van der Waals surface area (Å²) in [5.41, 5.74) is -0.452. The average Bonchev–Trinajstić information content (AvgIpc) is 2.74. The van der Waals surface area contributed by atoms with Crippen molar-refractivity contribution in [1.82, 2.24) is 0 Å². The lowest BCUT2D eigenvalue weighted by Crippen LogP contribution is -2.05. The average molecular weight is 417 g/mol. The van der Waals surface area contributed by atoms with Crippen molar-refractivity contribution in [3.8, 4) is 17.2 Å². The molecule has 1 N–H and O–H groups in total. The van der Waals surface area contributed by atoms with Gasteiger partial charge in [0.2, 0.25) is 5.75 Å². The Morgan fingerprint density at radius 3 is 2.40 bits per heavy atom. The van der Waals surface area contributed by atoms with Gasteiger partial charge >= 0.3 is 5.63 Å². The molecule has 0 saturated heterocycles. The number of fused-ring (bicyclic) bond motifs is 1. The van der Waals surface area contributed by atoms with Crippen LogP contribution in [0.25, 0.3) is 11.0 Å². The lowest BCUT2D eigenvalue weighted by Gasteiger charge is -2.11. The predicted molar refractivity (Wildman–Crippen MR) is 122 cm³/mol. The van der Waals surface area contributed by atoms with Crippen LogP contribution in [0.3, 0.4) is 0 Å². The highest BCUT2D eigenvalue weighted by atomic mass is 16.5. The van der Waals surface area contributed by atoms with Gasteiger partial charge in [-0.3, -0.25) is 0 Å². The Bertz CT molecular complexity index is 837. The van der Waals surface area contributed by atoms with Gasteiger partial charge in [-0.25, -0.2) is 4.79 Å². The number of unbranched alkanes of at least 4 members (excludes halogenated alkanes) is 7. The van der Waals surface area contributed by atoms with Gasteiger partial charge in [0.15, 0.2) is 5.75 Å². The third-order valence-electron chi connectivity index (χ3n) is 5.01. The van der Waals surface area contributed by atoms with Crippen molar-refractivity contribution in [3.05, 3.63) is 40.8 Å². The van der Waals surface area contributed by atoms with Crippen LogP contribution in [0.15, 0.2) is 39.6 Å². The fourth-order valence-corrected chi connectivity index (χ4v) is 3.32. The predicted octanol–water partition coefficient (Wildman–Crippen LogP) is 6.75. The van der Waals surface area contributed by atoms with E-state index >= 15 is 0 Å². The maximum Gasteiger partial charge on any atom is 0.382 e. The molecule has 1 aromatic carbocycles. The number of hydrogen-bond acceptors (Lipinski definition) is 5. The zero-order chi connectivity index (χ0) is 21.6. The minimum absolute atomic E-state index is 0.167. The normalized spacial score (nSPS) is 11.4. The Morgan fingerprint density at radius 2 is 1.67 bits per heavy atom. The zero-order valence-corrected chi connectivity index (χ0v) is 18.5. The van der Waals surface area contributed by atoms with Crippen molar-refractivity contribution in [1.29, 1.82) is 0 Å². The molecule has 0 aliphatic carbocycles. The van der Waals surface area contributed by atoms with Gasteiger partial charge in [0.05, 0.1) is 18.6 Å². The van der Waals surface area contributed by atoms with E-state index in [2.05, 4.69) is 19.9 Å². The third kappa shape index (κ3) is 7.77. The second-order valence-corrected chi connectivity index (χ2v) is 7.57. The molecule has 0 aliphatic rings. The summed E-state index contributed by atoms with van der Waals surface area (Å²) < 4.78 is 16.7. The van der Waals surface area contributed by atoms with E-state index in [9.17, 15) is 9.90 Å². The fraction of sp³-hybridized carbons (Fsp3) is 0.560. The van der Waals surface area contributed by atoms with Gasteiger partial charge in [0, 0.05) is 6.07 Å². The second-order valence-electron chi connectivity index (χ2n) is 7.57. The maximum atomic E-state index is 12.0. The first-order valence-electron chi connectivity index (χ1n) is 11.4. The maximum absolute atomic E-state index is 12.0. The molecule has 30 heavy (non-hydrogen) atoms. The molecule has 0 bridgehead atoms. The summed E-state index contributed by atoms with van der Waals surface area (Å²) in [4.78, 5) is 12.0. The Balaban J connectivity index is 1.88. The molecule has 2 rings (SSSR count). The summed E-state index contributed by atoms with van der Waals surface area (Å²) in [5, 5.41) is 10.6. The lowest BCUT2D eigenvalue weighted by atomic mass is 10.1. The molecule has 0 unspecified atom stereocenters. The first-order valence-corrected chi connectivity index (χ1v) is 11.4. The molecule has 0 spiro atoms. The van der Waals surface area contributed by atoms with Crippen LogP contribution in [0, 0.1) is 0 Å². The minimum atomic E-state index is -0.804. The molecule has 2 aromatic rings. The Hall–Kier alpha value is -2.43. The van der Waals surface area contributed by atoms with Crippen molar-refractivity contribution in [3.63, 3.8) is 0 Å². The van der Waals surface area contributed by atoms with E-state index in [1.165, 1.54) is 38.5 Å². The molecule has 0 fully saturated rings. The van der Waals surface area contributed by atoms with Gasteiger partial charge in [-0.1, -0.05) is 70.9 Å². The Kier molecular flexibility index (Phi) is 10.9. The van der Waals surface area contributed by atoms with E-state index in [1.807, 2.05) is 12.1 Å². The monoisotopic (exact) mass is 416 g/mol. The van der Waals surface area contributed by atoms with Gasteiger partial charge in [-0.05, 0) is 31.4 Å². The van der Waals surface area contributed by atoms with Crippen LogP contribution in [0.1, 0.15) is 78.1 Å². The van der Waals surface area contributed by atoms with Gasteiger partial charge in [0.25, 0.3) is 0 Å².